The summed E-state index contributed by atoms with van der Waals surface area (Å²) >= 11 is 0. The second kappa shape index (κ2) is 9.51. The van der Waals surface area contributed by atoms with E-state index in [4.69, 9.17) is 0 Å². The number of amides is 2. The largest absolute Gasteiger partial charge is 0.343 e. The number of anilines is 1. The third-order valence-electron chi connectivity index (χ3n) is 5.19. The molecule has 0 bridgehead atoms. The SMILES string of the molecule is CN(C)C(C(=O)Nc1ccc(CCC(=O)N2CCCC2)cc1)c1ccccc1. The molecular formula is C23H29N3O2. The first-order chi connectivity index (χ1) is 13.5. The first-order valence-corrected chi connectivity index (χ1v) is 9.93. The van der Waals surface area contributed by atoms with Crippen LogP contribution < -0.4 is 5.32 Å². The maximum Gasteiger partial charge on any atom is 0.246 e. The van der Waals surface area contributed by atoms with E-state index in [0.29, 0.717) is 6.42 Å². The number of hydrogen-bond acceptors (Lipinski definition) is 3. The van der Waals surface area contributed by atoms with Crippen molar-refractivity contribution in [3.8, 4) is 0 Å². The van der Waals surface area contributed by atoms with Gasteiger partial charge in [-0.2, -0.15) is 0 Å². The number of carbonyl (C=O) groups is 2. The zero-order chi connectivity index (χ0) is 19.9. The Kier molecular flexibility index (Phi) is 6.82. The predicted molar refractivity (Wildman–Crippen MR) is 112 cm³/mol. The molecule has 5 nitrogen and oxygen atoms in total. The van der Waals surface area contributed by atoms with Crippen molar-refractivity contribution in [3.05, 3.63) is 65.7 Å². The number of aryl methyl sites for hydroxylation is 1. The van der Waals surface area contributed by atoms with Crippen LogP contribution >= 0.6 is 0 Å². The van der Waals surface area contributed by atoms with E-state index < -0.39 is 0 Å². The monoisotopic (exact) mass is 379 g/mol. The van der Waals surface area contributed by atoms with Crippen LogP contribution in [0.5, 0.6) is 0 Å². The van der Waals surface area contributed by atoms with Gasteiger partial charge in [0.2, 0.25) is 11.8 Å². The Morgan fingerprint density at radius 1 is 1.00 bits per heavy atom. The fourth-order valence-electron chi connectivity index (χ4n) is 3.66. The van der Waals surface area contributed by atoms with Crippen molar-refractivity contribution in [1.82, 2.24) is 9.80 Å². The lowest BCUT2D eigenvalue weighted by Crippen LogP contribution is -2.32. The highest BCUT2D eigenvalue weighted by Crippen LogP contribution is 2.21. The van der Waals surface area contributed by atoms with Crippen molar-refractivity contribution in [2.75, 3.05) is 32.5 Å². The van der Waals surface area contributed by atoms with Gasteiger partial charge < -0.3 is 10.2 Å². The molecule has 2 amide bonds. The smallest absolute Gasteiger partial charge is 0.246 e. The molecule has 0 radical (unpaired) electrons. The molecule has 148 valence electrons. The number of hydrogen-bond donors (Lipinski definition) is 1. The van der Waals surface area contributed by atoms with E-state index >= 15 is 0 Å². The van der Waals surface area contributed by atoms with E-state index in [1.54, 1.807) is 0 Å². The molecule has 1 N–H and O–H groups in total. The molecule has 1 atom stereocenters. The molecule has 5 heteroatoms. The van der Waals surface area contributed by atoms with E-state index in [0.717, 1.165) is 49.2 Å². The number of likely N-dealkylation sites (tertiary alicyclic amines) is 1. The molecule has 1 heterocycles. The van der Waals surface area contributed by atoms with Gasteiger partial charge in [0.1, 0.15) is 6.04 Å². The van der Waals surface area contributed by atoms with Gasteiger partial charge in [-0.25, -0.2) is 0 Å². The molecule has 1 aliphatic heterocycles. The standard InChI is InChI=1S/C23H29N3O2/c1-25(2)22(19-8-4-3-5-9-19)23(28)24-20-13-10-18(11-14-20)12-15-21(27)26-16-6-7-17-26/h3-5,8-11,13-14,22H,6-7,12,15-17H2,1-2H3,(H,24,28). The Morgan fingerprint density at radius 3 is 2.25 bits per heavy atom. The van der Waals surface area contributed by atoms with E-state index in [1.807, 2.05) is 78.5 Å². The van der Waals surface area contributed by atoms with Gasteiger partial charge >= 0.3 is 0 Å². The topological polar surface area (TPSA) is 52.7 Å². The fourth-order valence-corrected chi connectivity index (χ4v) is 3.66. The third-order valence-corrected chi connectivity index (χ3v) is 5.19. The zero-order valence-corrected chi connectivity index (χ0v) is 16.7. The lowest BCUT2D eigenvalue weighted by molar-refractivity contribution is -0.130. The summed E-state index contributed by atoms with van der Waals surface area (Å²) in [4.78, 5) is 28.8. The molecule has 3 rings (SSSR count). The quantitative estimate of drug-likeness (QED) is 0.801. The van der Waals surface area contributed by atoms with Crippen LogP contribution in [0.25, 0.3) is 0 Å². The Balaban J connectivity index is 1.57. The lowest BCUT2D eigenvalue weighted by Gasteiger charge is -2.24. The fraction of sp³-hybridized carbons (Fsp3) is 0.391. The minimum Gasteiger partial charge on any atom is -0.343 e. The van der Waals surface area contributed by atoms with E-state index in [-0.39, 0.29) is 17.9 Å². The Labute approximate surface area is 167 Å². The van der Waals surface area contributed by atoms with Crippen LogP contribution in [0, 0.1) is 0 Å². The van der Waals surface area contributed by atoms with Crippen molar-refractivity contribution in [1.29, 1.82) is 0 Å². The van der Waals surface area contributed by atoms with Gasteiger partial charge in [-0.05, 0) is 56.6 Å². The number of carbonyl (C=O) groups excluding carboxylic acids is 2. The van der Waals surface area contributed by atoms with Crippen molar-refractivity contribution in [2.24, 2.45) is 0 Å². The van der Waals surface area contributed by atoms with Crippen molar-refractivity contribution in [3.63, 3.8) is 0 Å². The summed E-state index contributed by atoms with van der Waals surface area (Å²) in [5, 5.41) is 3.00. The second-order valence-electron chi connectivity index (χ2n) is 7.55. The molecule has 1 aliphatic rings. The van der Waals surface area contributed by atoms with E-state index in [1.165, 1.54) is 0 Å². The summed E-state index contributed by atoms with van der Waals surface area (Å²) in [5.74, 6) is 0.180. The Bertz CT molecular complexity index is 781. The number of nitrogens with one attached hydrogen (secondary N) is 1. The van der Waals surface area contributed by atoms with Gasteiger partial charge in [0.05, 0.1) is 0 Å². The maximum atomic E-state index is 12.8. The first-order valence-electron chi connectivity index (χ1n) is 9.93. The van der Waals surface area contributed by atoms with Crippen LogP contribution in [0.4, 0.5) is 5.69 Å². The summed E-state index contributed by atoms with van der Waals surface area (Å²) < 4.78 is 0. The highest BCUT2D eigenvalue weighted by atomic mass is 16.2. The summed E-state index contributed by atoms with van der Waals surface area (Å²) in [5.41, 5.74) is 2.84. The van der Waals surface area contributed by atoms with Crippen molar-refractivity contribution in [2.45, 2.75) is 31.7 Å². The molecule has 0 spiro atoms. The maximum absolute atomic E-state index is 12.8. The minimum absolute atomic E-state index is 0.0619. The molecule has 1 saturated heterocycles. The van der Waals surface area contributed by atoms with Gasteiger partial charge in [-0.15, -0.1) is 0 Å². The second-order valence-corrected chi connectivity index (χ2v) is 7.55. The number of nitrogens with zero attached hydrogens (tertiary/aromatic N) is 2. The third kappa shape index (κ3) is 5.20. The highest BCUT2D eigenvalue weighted by Gasteiger charge is 2.22. The molecule has 28 heavy (non-hydrogen) atoms. The molecule has 0 aliphatic carbocycles. The molecule has 1 unspecified atom stereocenters. The van der Waals surface area contributed by atoms with Gasteiger partial charge in [0.25, 0.3) is 0 Å². The van der Waals surface area contributed by atoms with Crippen LogP contribution in [0.1, 0.15) is 36.4 Å². The molecule has 2 aromatic rings. The summed E-state index contributed by atoms with van der Waals surface area (Å²) in [6.45, 7) is 1.80. The van der Waals surface area contributed by atoms with Gasteiger partial charge in [-0.3, -0.25) is 14.5 Å². The zero-order valence-electron chi connectivity index (χ0n) is 16.7. The lowest BCUT2D eigenvalue weighted by atomic mass is 10.0. The molecular weight excluding hydrogens is 350 g/mol. The summed E-state index contributed by atoms with van der Waals surface area (Å²) in [6.07, 6.45) is 3.52. The molecule has 2 aromatic carbocycles. The highest BCUT2D eigenvalue weighted by molar-refractivity contribution is 5.95. The summed E-state index contributed by atoms with van der Waals surface area (Å²) in [6, 6.07) is 17.2. The van der Waals surface area contributed by atoms with E-state index in [2.05, 4.69) is 5.32 Å². The van der Waals surface area contributed by atoms with Crippen LogP contribution in [-0.2, 0) is 16.0 Å². The van der Waals surface area contributed by atoms with Crippen molar-refractivity contribution >= 4 is 17.5 Å². The Morgan fingerprint density at radius 2 is 1.64 bits per heavy atom. The van der Waals surface area contributed by atoms with Crippen LogP contribution in [0.2, 0.25) is 0 Å². The van der Waals surface area contributed by atoms with Gasteiger partial charge in [0, 0.05) is 25.2 Å². The first kappa shape index (κ1) is 20.1. The summed E-state index contributed by atoms with van der Waals surface area (Å²) in [7, 11) is 3.80. The molecule has 0 saturated carbocycles. The van der Waals surface area contributed by atoms with Crippen LogP contribution in [-0.4, -0.2) is 48.8 Å². The number of likely N-dealkylation sites (N-methyl/N-ethyl adjacent to an activating group) is 1. The van der Waals surface area contributed by atoms with Crippen LogP contribution in [0.3, 0.4) is 0 Å². The normalized spacial score (nSPS) is 14.9. The van der Waals surface area contributed by atoms with Gasteiger partial charge in [0.15, 0.2) is 0 Å². The molecule has 1 fully saturated rings. The Hall–Kier alpha value is -2.66. The van der Waals surface area contributed by atoms with E-state index in [9.17, 15) is 9.59 Å². The number of rotatable bonds is 7. The average Bonchev–Trinajstić information content (AvgIpc) is 3.23. The van der Waals surface area contributed by atoms with Crippen molar-refractivity contribution < 1.29 is 9.59 Å². The molecule has 0 aromatic heterocycles. The van der Waals surface area contributed by atoms with Crippen LogP contribution in [0.15, 0.2) is 54.6 Å². The number of benzene rings is 2. The average molecular weight is 380 g/mol. The minimum atomic E-state index is -0.348. The predicted octanol–water partition coefficient (Wildman–Crippen LogP) is 3.48. The van der Waals surface area contributed by atoms with Gasteiger partial charge in [-0.1, -0.05) is 42.5 Å².